The van der Waals surface area contributed by atoms with E-state index < -0.39 is 11.9 Å². The number of nitrogens with two attached hydrogens (primary N) is 1. The summed E-state index contributed by atoms with van der Waals surface area (Å²) in [6.07, 6.45) is 0. The number of aryl methyl sites for hydroxylation is 3. The molecule has 2 amide bonds. The molecule has 0 aliphatic heterocycles. The summed E-state index contributed by atoms with van der Waals surface area (Å²) < 4.78 is 1.93. The molecule has 0 saturated heterocycles. The number of carbonyl (C=O) groups excluding carboxylic acids is 2. The molecule has 0 aliphatic rings. The fraction of sp³-hybridized carbons (Fsp3) is 0.375. The molecule has 1 aromatic carbocycles. The third kappa shape index (κ3) is 4.14. The summed E-state index contributed by atoms with van der Waals surface area (Å²) in [4.78, 5) is 22.9. The Morgan fingerprint density at radius 1 is 1.29 bits per heavy atom. The van der Waals surface area contributed by atoms with Crippen LogP contribution in [0.4, 0.5) is 0 Å². The molecule has 1 atom stereocenters. The van der Waals surface area contributed by atoms with Crippen LogP contribution in [0.2, 0.25) is 0 Å². The zero-order valence-corrected chi connectivity index (χ0v) is 15.0. The lowest BCUT2D eigenvalue weighted by atomic mass is 10.1. The number of benzene rings is 1. The predicted molar refractivity (Wildman–Crippen MR) is 93.1 cm³/mol. The van der Waals surface area contributed by atoms with Gasteiger partial charge in [-0.15, -0.1) is 10.2 Å². The maximum atomic E-state index is 11.9. The Hall–Kier alpha value is -2.35. The lowest BCUT2D eigenvalue weighted by molar-refractivity contribution is -0.125. The molecule has 2 rings (SSSR count). The van der Waals surface area contributed by atoms with Crippen LogP contribution in [0.15, 0.2) is 23.4 Å². The molecule has 7 nitrogen and oxygen atoms in total. The Labute approximate surface area is 145 Å². The zero-order valence-electron chi connectivity index (χ0n) is 14.2. The molecular formula is C16H21N5O2S. The van der Waals surface area contributed by atoms with Crippen molar-refractivity contribution >= 4 is 23.6 Å². The minimum Gasteiger partial charge on any atom is -0.368 e. The third-order valence-electron chi connectivity index (χ3n) is 3.54. The summed E-state index contributed by atoms with van der Waals surface area (Å²) in [5.74, 6) is 0.0278. The topological polar surface area (TPSA) is 103 Å². The van der Waals surface area contributed by atoms with Crippen LogP contribution < -0.4 is 11.1 Å². The highest BCUT2D eigenvalue weighted by Crippen LogP contribution is 2.24. The van der Waals surface area contributed by atoms with Gasteiger partial charge in [0.15, 0.2) is 5.16 Å². The highest BCUT2D eigenvalue weighted by molar-refractivity contribution is 7.99. The largest absolute Gasteiger partial charge is 0.368 e. The van der Waals surface area contributed by atoms with Crippen molar-refractivity contribution in [1.82, 2.24) is 20.1 Å². The predicted octanol–water partition coefficient (Wildman–Crippen LogP) is 1.27. The average molecular weight is 347 g/mol. The van der Waals surface area contributed by atoms with Crippen LogP contribution in [0.5, 0.6) is 0 Å². The van der Waals surface area contributed by atoms with Crippen LogP contribution in [-0.4, -0.2) is 38.4 Å². The van der Waals surface area contributed by atoms with Crippen molar-refractivity contribution in [2.24, 2.45) is 5.73 Å². The van der Waals surface area contributed by atoms with Gasteiger partial charge >= 0.3 is 0 Å². The van der Waals surface area contributed by atoms with Crippen LogP contribution in [0.3, 0.4) is 0 Å². The summed E-state index contributed by atoms with van der Waals surface area (Å²) in [6, 6.07) is 5.45. The first-order valence-electron chi connectivity index (χ1n) is 7.50. The fourth-order valence-electron chi connectivity index (χ4n) is 2.16. The van der Waals surface area contributed by atoms with Crippen molar-refractivity contribution in [3.05, 3.63) is 35.2 Å². The molecule has 24 heavy (non-hydrogen) atoms. The standard InChI is InChI=1S/C16H21N5O2S/c1-9-5-6-10(2)13(7-9)21-12(4)19-20-16(21)24-8-14(22)18-11(3)15(17)23/h5-7,11H,8H2,1-4H3,(H2,17,23)(H,18,22). The smallest absolute Gasteiger partial charge is 0.239 e. The maximum Gasteiger partial charge on any atom is 0.239 e. The van der Waals surface area contributed by atoms with Crippen molar-refractivity contribution in [1.29, 1.82) is 0 Å². The van der Waals surface area contributed by atoms with Crippen LogP contribution >= 0.6 is 11.8 Å². The average Bonchev–Trinajstić information content (AvgIpc) is 2.88. The van der Waals surface area contributed by atoms with Gasteiger partial charge in [-0.2, -0.15) is 0 Å². The van der Waals surface area contributed by atoms with Gasteiger partial charge in [0.25, 0.3) is 0 Å². The third-order valence-corrected chi connectivity index (χ3v) is 4.47. The first kappa shape index (κ1) is 18.0. The monoisotopic (exact) mass is 347 g/mol. The van der Waals surface area contributed by atoms with Crippen LogP contribution in [0.25, 0.3) is 5.69 Å². The molecule has 1 aromatic heterocycles. The van der Waals surface area contributed by atoms with E-state index in [1.54, 1.807) is 6.92 Å². The van der Waals surface area contributed by atoms with Crippen molar-refractivity contribution < 1.29 is 9.59 Å². The van der Waals surface area contributed by atoms with Crippen LogP contribution in [-0.2, 0) is 9.59 Å². The number of amides is 2. The van der Waals surface area contributed by atoms with E-state index in [0.717, 1.165) is 22.6 Å². The summed E-state index contributed by atoms with van der Waals surface area (Å²) in [7, 11) is 0. The van der Waals surface area contributed by atoms with Crippen molar-refractivity contribution in [2.45, 2.75) is 38.9 Å². The normalized spacial score (nSPS) is 12.0. The van der Waals surface area contributed by atoms with Gasteiger partial charge in [0.05, 0.1) is 11.4 Å². The van der Waals surface area contributed by atoms with Gasteiger partial charge in [0.1, 0.15) is 11.9 Å². The number of hydrogen-bond acceptors (Lipinski definition) is 5. The molecule has 128 valence electrons. The van der Waals surface area contributed by atoms with E-state index >= 15 is 0 Å². The first-order valence-corrected chi connectivity index (χ1v) is 8.49. The van der Waals surface area contributed by atoms with E-state index in [9.17, 15) is 9.59 Å². The Morgan fingerprint density at radius 2 is 2.00 bits per heavy atom. The van der Waals surface area contributed by atoms with Gasteiger partial charge in [0.2, 0.25) is 11.8 Å². The molecule has 0 bridgehead atoms. The van der Waals surface area contributed by atoms with Gasteiger partial charge < -0.3 is 11.1 Å². The summed E-state index contributed by atoms with van der Waals surface area (Å²) in [6.45, 7) is 7.46. The molecule has 0 spiro atoms. The van der Waals surface area contributed by atoms with Crippen LogP contribution in [0, 0.1) is 20.8 Å². The number of rotatable bonds is 6. The van der Waals surface area contributed by atoms with E-state index in [1.807, 2.05) is 37.5 Å². The van der Waals surface area contributed by atoms with Gasteiger partial charge in [0, 0.05) is 0 Å². The van der Waals surface area contributed by atoms with E-state index in [-0.39, 0.29) is 11.7 Å². The highest BCUT2D eigenvalue weighted by Gasteiger charge is 2.17. The number of aromatic nitrogens is 3. The van der Waals surface area contributed by atoms with Gasteiger partial charge in [-0.25, -0.2) is 0 Å². The summed E-state index contributed by atoms with van der Waals surface area (Å²) in [5.41, 5.74) is 8.36. The number of nitrogens with one attached hydrogen (secondary N) is 1. The SMILES string of the molecule is Cc1ccc(C)c(-n2c(C)nnc2SCC(=O)NC(C)C(N)=O)c1. The van der Waals surface area contributed by atoms with Crippen molar-refractivity contribution in [2.75, 3.05) is 5.75 Å². The second kappa shape index (κ2) is 7.48. The minimum atomic E-state index is -0.697. The Bertz CT molecular complexity index is 772. The Kier molecular flexibility index (Phi) is 5.61. The molecular weight excluding hydrogens is 326 g/mol. The lowest BCUT2D eigenvalue weighted by Crippen LogP contribution is -2.42. The minimum absolute atomic E-state index is 0.126. The van der Waals surface area contributed by atoms with E-state index in [0.29, 0.717) is 5.16 Å². The Morgan fingerprint density at radius 3 is 2.67 bits per heavy atom. The molecule has 0 aliphatic carbocycles. The number of primary amides is 1. The molecule has 3 N–H and O–H groups in total. The number of nitrogens with zero attached hydrogens (tertiary/aromatic N) is 3. The van der Waals surface area contributed by atoms with E-state index in [2.05, 4.69) is 21.6 Å². The van der Waals surface area contributed by atoms with E-state index in [4.69, 9.17) is 5.73 Å². The number of hydrogen-bond donors (Lipinski definition) is 2. The second-order valence-electron chi connectivity index (χ2n) is 5.64. The zero-order chi connectivity index (χ0) is 17.9. The number of carbonyl (C=O) groups is 2. The second-order valence-corrected chi connectivity index (χ2v) is 6.58. The molecule has 0 fully saturated rings. The molecule has 0 saturated carbocycles. The molecule has 0 radical (unpaired) electrons. The van der Waals surface area contributed by atoms with Crippen LogP contribution in [0.1, 0.15) is 23.9 Å². The van der Waals surface area contributed by atoms with Gasteiger partial charge in [-0.05, 0) is 44.9 Å². The number of thioether (sulfide) groups is 1. The summed E-state index contributed by atoms with van der Waals surface area (Å²) in [5, 5.41) is 11.4. The fourth-order valence-corrected chi connectivity index (χ4v) is 2.96. The Balaban J connectivity index is 2.17. The molecule has 8 heteroatoms. The first-order chi connectivity index (χ1) is 11.3. The van der Waals surface area contributed by atoms with Crippen molar-refractivity contribution in [3.63, 3.8) is 0 Å². The molecule has 1 unspecified atom stereocenters. The molecule has 1 heterocycles. The van der Waals surface area contributed by atoms with E-state index in [1.165, 1.54) is 11.8 Å². The quantitative estimate of drug-likeness (QED) is 0.766. The maximum absolute atomic E-state index is 11.9. The van der Waals surface area contributed by atoms with Gasteiger partial charge in [-0.3, -0.25) is 14.2 Å². The highest BCUT2D eigenvalue weighted by atomic mass is 32.2. The van der Waals surface area contributed by atoms with Gasteiger partial charge in [-0.1, -0.05) is 23.9 Å². The lowest BCUT2D eigenvalue weighted by Gasteiger charge is -2.13. The summed E-state index contributed by atoms with van der Waals surface area (Å²) >= 11 is 1.26. The van der Waals surface area contributed by atoms with Crippen molar-refractivity contribution in [3.8, 4) is 5.69 Å². The molecule has 2 aromatic rings.